The Morgan fingerprint density at radius 2 is 1.77 bits per heavy atom. The Morgan fingerprint density at radius 1 is 1.12 bits per heavy atom. The molecule has 2 fully saturated rings. The Hall–Kier alpha value is -1.67. The summed E-state index contributed by atoms with van der Waals surface area (Å²) < 4.78 is 23.8. The van der Waals surface area contributed by atoms with Gasteiger partial charge in [0.25, 0.3) is 5.69 Å². The van der Waals surface area contributed by atoms with Gasteiger partial charge >= 0.3 is 0 Å². The molecule has 8 heteroatoms. The van der Waals surface area contributed by atoms with Gasteiger partial charge in [-0.15, -0.1) is 0 Å². The largest absolute Gasteiger partial charge is 0.382 e. The number of anilines is 1. The van der Waals surface area contributed by atoms with E-state index < -0.39 is 14.8 Å². The molecule has 1 aromatic rings. The van der Waals surface area contributed by atoms with Crippen LogP contribution in [-0.2, 0) is 9.84 Å². The third-order valence-electron chi connectivity index (χ3n) is 5.55. The van der Waals surface area contributed by atoms with Crippen LogP contribution in [0.3, 0.4) is 0 Å². The summed E-state index contributed by atoms with van der Waals surface area (Å²) in [7, 11) is -3.66. The second-order valence-corrected chi connectivity index (χ2v) is 9.44. The summed E-state index contributed by atoms with van der Waals surface area (Å²) in [6, 6.07) is 5.25. The number of likely N-dealkylation sites (tertiary alicyclic amines) is 1. The molecular weight excluding hydrogens is 354 g/mol. The third-order valence-corrected chi connectivity index (χ3v) is 6.67. The Bertz CT molecular complexity index is 752. The van der Waals surface area contributed by atoms with Gasteiger partial charge < -0.3 is 10.2 Å². The van der Waals surface area contributed by atoms with Crippen molar-refractivity contribution in [1.82, 2.24) is 4.90 Å². The average Bonchev–Trinajstić information content (AvgIpc) is 2.62. The minimum atomic E-state index is -3.66. The molecule has 0 bridgehead atoms. The van der Waals surface area contributed by atoms with E-state index in [2.05, 4.69) is 10.2 Å². The van der Waals surface area contributed by atoms with E-state index in [9.17, 15) is 18.5 Å². The molecule has 2 aliphatic rings. The van der Waals surface area contributed by atoms with E-state index >= 15 is 0 Å². The molecule has 1 heterocycles. The molecule has 1 aliphatic heterocycles. The number of hydrogen-bond donors (Lipinski definition) is 1. The highest BCUT2D eigenvalue weighted by atomic mass is 32.2. The minimum absolute atomic E-state index is 0.229. The van der Waals surface area contributed by atoms with Crippen molar-refractivity contribution in [3.63, 3.8) is 0 Å². The van der Waals surface area contributed by atoms with Crippen molar-refractivity contribution < 1.29 is 13.3 Å². The quantitative estimate of drug-likeness (QED) is 0.622. The van der Waals surface area contributed by atoms with Crippen LogP contribution in [0.1, 0.15) is 44.9 Å². The maximum Gasteiger partial charge on any atom is 0.288 e. The monoisotopic (exact) mass is 381 g/mol. The number of rotatable bonds is 5. The van der Waals surface area contributed by atoms with Crippen molar-refractivity contribution in [1.29, 1.82) is 0 Å². The van der Waals surface area contributed by atoms with Crippen LogP contribution >= 0.6 is 0 Å². The van der Waals surface area contributed by atoms with Crippen molar-refractivity contribution in [2.24, 2.45) is 0 Å². The maximum absolute atomic E-state index is 11.9. The van der Waals surface area contributed by atoms with Crippen LogP contribution in [0.2, 0.25) is 0 Å². The number of nitro benzene ring substituents is 1. The number of nitrogens with zero attached hydrogens (tertiary/aromatic N) is 2. The molecule has 3 rings (SSSR count). The number of piperidine rings is 1. The van der Waals surface area contributed by atoms with Gasteiger partial charge in [-0.2, -0.15) is 0 Å². The van der Waals surface area contributed by atoms with Crippen molar-refractivity contribution in [2.75, 3.05) is 24.7 Å². The zero-order valence-corrected chi connectivity index (χ0v) is 16.0. The molecular formula is C18H27N3O4S. The van der Waals surface area contributed by atoms with Gasteiger partial charge in [0.15, 0.2) is 9.84 Å². The first-order valence-corrected chi connectivity index (χ1v) is 11.2. The molecule has 26 heavy (non-hydrogen) atoms. The maximum atomic E-state index is 11.9. The molecule has 1 aromatic carbocycles. The van der Waals surface area contributed by atoms with Crippen molar-refractivity contribution in [3.8, 4) is 0 Å². The molecule has 0 aromatic heterocycles. The van der Waals surface area contributed by atoms with E-state index in [0.29, 0.717) is 5.69 Å². The van der Waals surface area contributed by atoms with Crippen molar-refractivity contribution in [2.45, 2.75) is 61.9 Å². The first-order valence-electron chi connectivity index (χ1n) is 9.33. The Kier molecular flexibility index (Phi) is 5.82. The SMILES string of the molecule is CS(=O)(=O)c1cc(NC2CCN(C3CCCCC3)CC2)ccc1[N+](=O)[O-]. The average molecular weight is 381 g/mol. The molecule has 0 spiro atoms. The molecule has 1 aliphatic carbocycles. The van der Waals surface area contributed by atoms with E-state index in [1.54, 1.807) is 6.07 Å². The number of benzene rings is 1. The summed E-state index contributed by atoms with van der Waals surface area (Å²) in [6.45, 7) is 2.10. The fourth-order valence-corrected chi connectivity index (χ4v) is 5.01. The molecule has 7 nitrogen and oxygen atoms in total. The summed E-state index contributed by atoms with van der Waals surface area (Å²) in [5.41, 5.74) is 0.261. The van der Waals surface area contributed by atoms with Crippen molar-refractivity contribution >= 4 is 21.2 Å². The smallest absolute Gasteiger partial charge is 0.288 e. The Labute approximate surface area is 154 Å². The van der Waals surface area contributed by atoms with E-state index in [0.717, 1.165) is 38.2 Å². The van der Waals surface area contributed by atoms with Gasteiger partial charge in [0, 0.05) is 43.2 Å². The lowest BCUT2D eigenvalue weighted by atomic mass is 9.92. The summed E-state index contributed by atoms with van der Waals surface area (Å²) in [6.07, 6.45) is 9.64. The summed E-state index contributed by atoms with van der Waals surface area (Å²) in [5, 5.41) is 14.4. The fourth-order valence-electron chi connectivity index (χ4n) is 4.14. The van der Waals surface area contributed by atoms with Gasteiger partial charge in [0.1, 0.15) is 4.90 Å². The highest BCUT2D eigenvalue weighted by Crippen LogP contribution is 2.29. The van der Waals surface area contributed by atoms with Crippen LogP contribution in [0, 0.1) is 10.1 Å². The van der Waals surface area contributed by atoms with Crippen molar-refractivity contribution in [3.05, 3.63) is 28.3 Å². The second-order valence-electron chi connectivity index (χ2n) is 7.46. The zero-order valence-electron chi connectivity index (χ0n) is 15.2. The summed E-state index contributed by atoms with van der Waals surface area (Å²) in [4.78, 5) is 12.8. The predicted octanol–water partition coefficient (Wildman–Crippen LogP) is 3.21. The second kappa shape index (κ2) is 7.92. The molecule has 1 saturated carbocycles. The molecule has 0 unspecified atom stereocenters. The van der Waals surface area contributed by atoms with Gasteiger partial charge in [-0.3, -0.25) is 10.1 Å². The fraction of sp³-hybridized carbons (Fsp3) is 0.667. The van der Waals surface area contributed by atoms with Crippen LogP contribution in [-0.4, -0.2) is 49.7 Å². The number of nitrogens with one attached hydrogen (secondary N) is 1. The van der Waals surface area contributed by atoms with E-state index in [-0.39, 0.29) is 16.6 Å². The molecule has 1 N–H and O–H groups in total. The summed E-state index contributed by atoms with van der Waals surface area (Å²) in [5.74, 6) is 0. The highest BCUT2D eigenvalue weighted by molar-refractivity contribution is 7.90. The highest BCUT2D eigenvalue weighted by Gasteiger charge is 2.27. The minimum Gasteiger partial charge on any atom is -0.382 e. The standard InChI is InChI=1S/C18H27N3O4S/c1-26(24,25)18-13-15(7-8-17(18)21(22)23)19-14-9-11-20(12-10-14)16-5-3-2-4-6-16/h7-8,13-14,16,19H,2-6,9-12H2,1H3. The molecule has 144 valence electrons. The van der Waals surface area contributed by atoms with Gasteiger partial charge in [0.05, 0.1) is 4.92 Å². The van der Waals surface area contributed by atoms with E-state index in [4.69, 9.17) is 0 Å². The Balaban J connectivity index is 1.64. The number of nitro groups is 1. The molecule has 0 amide bonds. The van der Waals surface area contributed by atoms with E-state index in [1.165, 1.54) is 44.2 Å². The first kappa shape index (κ1) is 19.1. The molecule has 0 atom stereocenters. The lowest BCUT2D eigenvalue weighted by molar-refractivity contribution is -0.387. The van der Waals surface area contributed by atoms with Crippen LogP contribution in [0.5, 0.6) is 0 Å². The topological polar surface area (TPSA) is 92.6 Å². The normalized spacial score (nSPS) is 20.8. The molecule has 0 radical (unpaired) electrons. The summed E-state index contributed by atoms with van der Waals surface area (Å²) >= 11 is 0. The third kappa shape index (κ3) is 4.54. The number of sulfone groups is 1. The van der Waals surface area contributed by atoms with Gasteiger partial charge in [-0.05, 0) is 37.8 Å². The lowest BCUT2D eigenvalue weighted by Gasteiger charge is -2.39. The number of hydrogen-bond acceptors (Lipinski definition) is 6. The first-order chi connectivity index (χ1) is 12.3. The lowest BCUT2D eigenvalue weighted by Crippen LogP contribution is -2.45. The zero-order chi connectivity index (χ0) is 18.7. The van der Waals surface area contributed by atoms with E-state index in [1.807, 2.05) is 0 Å². The molecule has 1 saturated heterocycles. The van der Waals surface area contributed by atoms with Gasteiger partial charge in [-0.1, -0.05) is 19.3 Å². The Morgan fingerprint density at radius 3 is 2.35 bits per heavy atom. The van der Waals surface area contributed by atoms with Gasteiger partial charge in [0.2, 0.25) is 0 Å². The van der Waals surface area contributed by atoms with Crippen LogP contribution in [0.15, 0.2) is 23.1 Å². The van der Waals surface area contributed by atoms with Crippen LogP contribution in [0.4, 0.5) is 11.4 Å². The predicted molar refractivity (Wildman–Crippen MR) is 101 cm³/mol. The van der Waals surface area contributed by atoms with Crippen LogP contribution < -0.4 is 5.32 Å². The van der Waals surface area contributed by atoms with Gasteiger partial charge in [-0.25, -0.2) is 8.42 Å². The van der Waals surface area contributed by atoms with Crippen LogP contribution in [0.25, 0.3) is 0 Å².